The smallest absolute Gasteiger partial charge is 0.167 e. The zero-order valence-corrected chi connectivity index (χ0v) is 10.3. The molecule has 0 fully saturated rings. The molecule has 0 saturated carbocycles. The Morgan fingerprint density at radius 3 is 2.32 bits per heavy atom. The maximum absolute atomic E-state index is 13.6. The lowest BCUT2D eigenvalue weighted by atomic mass is 10.0. The lowest BCUT2D eigenvalue weighted by Crippen LogP contribution is -2.06. The van der Waals surface area contributed by atoms with Crippen molar-refractivity contribution in [3.8, 4) is 0 Å². The second-order valence-corrected chi connectivity index (χ2v) is 4.38. The molecule has 2 aromatic rings. The second-order valence-electron chi connectivity index (χ2n) is 3.97. The second kappa shape index (κ2) is 5.45. The minimum absolute atomic E-state index is 0.0853. The van der Waals surface area contributed by atoms with Gasteiger partial charge in [-0.1, -0.05) is 23.7 Å². The van der Waals surface area contributed by atoms with Crippen molar-refractivity contribution < 1.29 is 18.0 Å². The van der Waals surface area contributed by atoms with Crippen molar-refractivity contribution in [3.63, 3.8) is 0 Å². The first-order chi connectivity index (χ1) is 8.97. The van der Waals surface area contributed by atoms with Crippen molar-refractivity contribution in [1.82, 2.24) is 0 Å². The van der Waals surface area contributed by atoms with Gasteiger partial charge in [0, 0.05) is 18.1 Å². The van der Waals surface area contributed by atoms with E-state index >= 15 is 0 Å². The minimum Gasteiger partial charge on any atom is -0.294 e. The van der Waals surface area contributed by atoms with Crippen molar-refractivity contribution in [1.29, 1.82) is 0 Å². The highest BCUT2D eigenvalue weighted by atomic mass is 35.5. The normalized spacial score (nSPS) is 10.5. The molecule has 0 aliphatic rings. The fourth-order valence-electron chi connectivity index (χ4n) is 1.67. The van der Waals surface area contributed by atoms with Gasteiger partial charge in [-0.2, -0.15) is 0 Å². The van der Waals surface area contributed by atoms with Gasteiger partial charge in [0.15, 0.2) is 5.78 Å². The highest BCUT2D eigenvalue weighted by molar-refractivity contribution is 6.30. The standard InChI is InChI=1S/C14H8ClF3O/c15-12-3-1-2-8(14(12)18)6-13(19)9-4-10(16)7-11(17)5-9/h1-5,7H,6H2. The molecule has 0 aromatic heterocycles. The summed E-state index contributed by atoms with van der Waals surface area (Å²) in [5, 5.41) is -0.101. The molecule has 0 radical (unpaired) electrons. The minimum atomic E-state index is -0.852. The summed E-state index contributed by atoms with van der Waals surface area (Å²) in [6, 6.07) is 6.74. The molecule has 0 atom stereocenters. The first-order valence-corrected chi connectivity index (χ1v) is 5.77. The van der Waals surface area contributed by atoms with Gasteiger partial charge in [0.1, 0.15) is 17.5 Å². The third-order valence-electron chi connectivity index (χ3n) is 2.57. The summed E-state index contributed by atoms with van der Waals surface area (Å²) in [6.45, 7) is 0. The van der Waals surface area contributed by atoms with Gasteiger partial charge in [0.05, 0.1) is 5.02 Å². The van der Waals surface area contributed by atoms with Gasteiger partial charge < -0.3 is 0 Å². The van der Waals surface area contributed by atoms with Crippen LogP contribution in [0.3, 0.4) is 0 Å². The summed E-state index contributed by atoms with van der Waals surface area (Å²) < 4.78 is 39.6. The zero-order chi connectivity index (χ0) is 14.0. The van der Waals surface area contributed by atoms with Crippen LogP contribution < -0.4 is 0 Å². The highest BCUT2D eigenvalue weighted by Crippen LogP contribution is 2.20. The summed E-state index contributed by atoms with van der Waals surface area (Å²) in [4.78, 5) is 11.8. The highest BCUT2D eigenvalue weighted by Gasteiger charge is 2.14. The first-order valence-electron chi connectivity index (χ1n) is 5.39. The summed E-state index contributed by atoms with van der Waals surface area (Å²) in [5.74, 6) is -2.99. The Morgan fingerprint density at radius 1 is 1.05 bits per heavy atom. The van der Waals surface area contributed by atoms with Gasteiger partial charge in [0.25, 0.3) is 0 Å². The maximum atomic E-state index is 13.6. The number of hydrogen-bond acceptors (Lipinski definition) is 1. The molecule has 19 heavy (non-hydrogen) atoms. The molecular formula is C14H8ClF3O. The molecule has 2 rings (SSSR count). The van der Waals surface area contributed by atoms with Crippen LogP contribution in [0.15, 0.2) is 36.4 Å². The molecule has 5 heteroatoms. The van der Waals surface area contributed by atoms with Gasteiger partial charge in [-0.15, -0.1) is 0 Å². The van der Waals surface area contributed by atoms with Crippen LogP contribution in [0.2, 0.25) is 5.02 Å². The third-order valence-corrected chi connectivity index (χ3v) is 2.86. The number of benzene rings is 2. The topological polar surface area (TPSA) is 17.1 Å². The number of carbonyl (C=O) groups excluding carboxylic acids is 1. The van der Waals surface area contributed by atoms with Crippen LogP contribution in [0, 0.1) is 17.5 Å². The Bertz CT molecular complexity index is 620. The van der Waals surface area contributed by atoms with Crippen LogP contribution in [0.25, 0.3) is 0 Å². The summed E-state index contributed by atoms with van der Waals surface area (Å²) in [7, 11) is 0. The molecule has 98 valence electrons. The van der Waals surface area contributed by atoms with E-state index in [-0.39, 0.29) is 22.6 Å². The van der Waals surface area contributed by atoms with Crippen molar-refractivity contribution in [3.05, 3.63) is 70.0 Å². The maximum Gasteiger partial charge on any atom is 0.167 e. The van der Waals surface area contributed by atoms with E-state index in [0.29, 0.717) is 6.07 Å². The van der Waals surface area contributed by atoms with Crippen LogP contribution in [0.4, 0.5) is 13.2 Å². The molecule has 0 aliphatic heterocycles. The molecule has 0 spiro atoms. The van der Waals surface area contributed by atoms with Crippen molar-refractivity contribution in [2.24, 2.45) is 0 Å². The van der Waals surface area contributed by atoms with E-state index in [4.69, 9.17) is 11.6 Å². The fourth-order valence-corrected chi connectivity index (χ4v) is 1.87. The van der Waals surface area contributed by atoms with E-state index in [9.17, 15) is 18.0 Å². The van der Waals surface area contributed by atoms with E-state index in [2.05, 4.69) is 0 Å². The summed E-state index contributed by atoms with van der Waals surface area (Å²) in [5.41, 5.74) is -0.0564. The number of rotatable bonds is 3. The lowest BCUT2D eigenvalue weighted by molar-refractivity contribution is 0.0991. The first kappa shape index (κ1) is 13.6. The number of Topliss-reactive ketones (excluding diaryl/α,β-unsaturated/α-hetero) is 1. The molecule has 0 saturated heterocycles. The molecule has 0 N–H and O–H groups in total. The van der Waals surface area contributed by atoms with Gasteiger partial charge >= 0.3 is 0 Å². The molecule has 0 heterocycles. The Labute approximate surface area is 112 Å². The van der Waals surface area contributed by atoms with Gasteiger partial charge in [-0.05, 0) is 23.8 Å². The Morgan fingerprint density at radius 2 is 1.68 bits per heavy atom. The van der Waals surface area contributed by atoms with E-state index in [1.54, 1.807) is 0 Å². The molecular weight excluding hydrogens is 277 g/mol. The van der Waals surface area contributed by atoms with E-state index in [1.807, 2.05) is 0 Å². The Kier molecular flexibility index (Phi) is 3.90. The number of carbonyl (C=O) groups is 1. The lowest BCUT2D eigenvalue weighted by Gasteiger charge is -2.04. The van der Waals surface area contributed by atoms with E-state index < -0.39 is 23.2 Å². The van der Waals surface area contributed by atoms with E-state index in [1.165, 1.54) is 18.2 Å². The Balaban J connectivity index is 2.28. The van der Waals surface area contributed by atoms with Crippen molar-refractivity contribution in [2.75, 3.05) is 0 Å². The largest absolute Gasteiger partial charge is 0.294 e. The summed E-state index contributed by atoms with van der Waals surface area (Å²) in [6.07, 6.45) is -0.310. The Hall–Kier alpha value is -1.81. The van der Waals surface area contributed by atoms with Crippen LogP contribution >= 0.6 is 11.6 Å². The zero-order valence-electron chi connectivity index (χ0n) is 9.59. The van der Waals surface area contributed by atoms with Gasteiger partial charge in [0.2, 0.25) is 0 Å². The van der Waals surface area contributed by atoms with Gasteiger partial charge in [-0.3, -0.25) is 4.79 Å². The van der Waals surface area contributed by atoms with Crippen molar-refractivity contribution in [2.45, 2.75) is 6.42 Å². The van der Waals surface area contributed by atoms with Gasteiger partial charge in [-0.25, -0.2) is 13.2 Å². The average molecular weight is 285 g/mol. The summed E-state index contributed by atoms with van der Waals surface area (Å²) >= 11 is 5.59. The number of hydrogen-bond donors (Lipinski definition) is 0. The molecule has 0 bridgehead atoms. The van der Waals surface area contributed by atoms with Crippen LogP contribution in [-0.4, -0.2) is 5.78 Å². The molecule has 0 unspecified atom stereocenters. The fraction of sp³-hybridized carbons (Fsp3) is 0.0714. The van der Waals surface area contributed by atoms with Crippen LogP contribution in [0.1, 0.15) is 15.9 Å². The predicted octanol–water partition coefficient (Wildman–Crippen LogP) is 4.18. The molecule has 1 nitrogen and oxygen atoms in total. The molecule has 0 aliphatic carbocycles. The van der Waals surface area contributed by atoms with Crippen LogP contribution in [-0.2, 0) is 6.42 Å². The average Bonchev–Trinajstić information content (AvgIpc) is 2.33. The molecule has 2 aromatic carbocycles. The number of ketones is 1. The van der Waals surface area contributed by atoms with E-state index in [0.717, 1.165) is 12.1 Å². The third kappa shape index (κ3) is 3.15. The van der Waals surface area contributed by atoms with Crippen molar-refractivity contribution >= 4 is 17.4 Å². The monoisotopic (exact) mass is 284 g/mol. The SMILES string of the molecule is O=C(Cc1cccc(Cl)c1F)c1cc(F)cc(F)c1. The number of halogens is 4. The van der Waals surface area contributed by atoms with Crippen LogP contribution in [0.5, 0.6) is 0 Å². The predicted molar refractivity (Wildman–Crippen MR) is 65.8 cm³/mol. The molecule has 0 amide bonds. The quantitative estimate of drug-likeness (QED) is 0.773.